The van der Waals surface area contributed by atoms with Gasteiger partial charge in [-0.05, 0) is 30.0 Å². The van der Waals surface area contributed by atoms with E-state index < -0.39 is 0 Å². The molecule has 2 heteroatoms. The van der Waals surface area contributed by atoms with Crippen LogP contribution in [0.2, 0.25) is 0 Å². The monoisotopic (exact) mass is 253 g/mol. The molecule has 0 bridgehead atoms. The third-order valence-electron chi connectivity index (χ3n) is 3.19. The third kappa shape index (κ3) is 2.05. The predicted octanol–water partition coefficient (Wildman–Crippen LogP) is 4.26. The van der Waals surface area contributed by atoms with E-state index in [4.69, 9.17) is 5.73 Å². The Bertz CT molecular complexity index is 634. The second-order valence-corrected chi connectivity index (χ2v) is 5.69. The SMILES string of the molecule is Cc1ccc(C(N)c2cc3ccccc3s2)cc1. The topological polar surface area (TPSA) is 26.0 Å². The molecule has 0 saturated heterocycles. The predicted molar refractivity (Wildman–Crippen MR) is 79.0 cm³/mol. The zero-order chi connectivity index (χ0) is 12.5. The number of nitrogens with two attached hydrogens (primary N) is 1. The van der Waals surface area contributed by atoms with E-state index in [1.807, 2.05) is 0 Å². The van der Waals surface area contributed by atoms with Crippen molar-refractivity contribution in [3.63, 3.8) is 0 Å². The van der Waals surface area contributed by atoms with Crippen LogP contribution in [-0.2, 0) is 0 Å². The molecule has 1 heterocycles. The molecule has 0 fully saturated rings. The zero-order valence-corrected chi connectivity index (χ0v) is 11.1. The summed E-state index contributed by atoms with van der Waals surface area (Å²) >= 11 is 1.78. The van der Waals surface area contributed by atoms with E-state index in [0.717, 1.165) is 0 Å². The highest BCUT2D eigenvalue weighted by atomic mass is 32.1. The fraction of sp³-hybridized carbons (Fsp3) is 0.125. The van der Waals surface area contributed by atoms with E-state index in [-0.39, 0.29) is 6.04 Å². The average Bonchev–Trinajstić information content (AvgIpc) is 2.82. The number of hydrogen-bond donors (Lipinski definition) is 1. The number of benzene rings is 2. The molecule has 0 spiro atoms. The van der Waals surface area contributed by atoms with Crippen molar-refractivity contribution in [1.82, 2.24) is 0 Å². The molecular formula is C16H15NS. The summed E-state index contributed by atoms with van der Waals surface area (Å²) in [5, 5.41) is 1.28. The molecule has 18 heavy (non-hydrogen) atoms. The van der Waals surface area contributed by atoms with Crippen LogP contribution < -0.4 is 5.73 Å². The molecule has 0 aliphatic rings. The van der Waals surface area contributed by atoms with Crippen molar-refractivity contribution >= 4 is 21.4 Å². The summed E-state index contributed by atoms with van der Waals surface area (Å²) in [5.41, 5.74) is 8.78. The van der Waals surface area contributed by atoms with Crippen LogP contribution in [-0.4, -0.2) is 0 Å². The largest absolute Gasteiger partial charge is 0.320 e. The standard InChI is InChI=1S/C16H15NS/c1-11-6-8-12(9-7-11)16(17)15-10-13-4-2-3-5-14(13)18-15/h2-10,16H,17H2,1H3. The maximum absolute atomic E-state index is 6.34. The van der Waals surface area contributed by atoms with Gasteiger partial charge in [0, 0.05) is 9.58 Å². The van der Waals surface area contributed by atoms with Crippen molar-refractivity contribution < 1.29 is 0 Å². The summed E-state index contributed by atoms with van der Waals surface area (Å²) in [4.78, 5) is 1.22. The van der Waals surface area contributed by atoms with Crippen LogP contribution in [0.3, 0.4) is 0 Å². The number of hydrogen-bond acceptors (Lipinski definition) is 2. The Hall–Kier alpha value is -1.64. The van der Waals surface area contributed by atoms with Gasteiger partial charge in [-0.2, -0.15) is 0 Å². The Balaban J connectivity index is 2.00. The summed E-state index contributed by atoms with van der Waals surface area (Å²) in [6.45, 7) is 2.09. The zero-order valence-electron chi connectivity index (χ0n) is 10.3. The normalized spacial score (nSPS) is 12.8. The van der Waals surface area contributed by atoms with Crippen LogP contribution >= 0.6 is 11.3 Å². The molecule has 0 aliphatic carbocycles. The van der Waals surface area contributed by atoms with Crippen LogP contribution in [0.5, 0.6) is 0 Å². The van der Waals surface area contributed by atoms with E-state index >= 15 is 0 Å². The molecule has 3 rings (SSSR count). The summed E-state index contributed by atoms with van der Waals surface area (Å²) in [7, 11) is 0. The molecule has 1 atom stereocenters. The highest BCUT2D eigenvalue weighted by molar-refractivity contribution is 7.19. The molecule has 0 radical (unpaired) electrons. The van der Waals surface area contributed by atoms with Crippen molar-refractivity contribution in [2.45, 2.75) is 13.0 Å². The van der Waals surface area contributed by atoms with Crippen LogP contribution in [0.1, 0.15) is 22.0 Å². The van der Waals surface area contributed by atoms with Gasteiger partial charge in [-0.15, -0.1) is 11.3 Å². The lowest BCUT2D eigenvalue weighted by Gasteiger charge is -2.09. The van der Waals surface area contributed by atoms with E-state index in [1.54, 1.807) is 11.3 Å². The lowest BCUT2D eigenvalue weighted by Crippen LogP contribution is -2.09. The van der Waals surface area contributed by atoms with Crippen molar-refractivity contribution in [1.29, 1.82) is 0 Å². The van der Waals surface area contributed by atoms with Crippen LogP contribution in [0.15, 0.2) is 54.6 Å². The number of rotatable bonds is 2. The highest BCUT2D eigenvalue weighted by Gasteiger charge is 2.11. The van der Waals surface area contributed by atoms with Crippen molar-refractivity contribution in [3.05, 3.63) is 70.6 Å². The highest BCUT2D eigenvalue weighted by Crippen LogP contribution is 2.31. The smallest absolute Gasteiger partial charge is 0.0646 e. The average molecular weight is 253 g/mol. The van der Waals surface area contributed by atoms with Crippen LogP contribution in [0.25, 0.3) is 10.1 Å². The molecular weight excluding hydrogens is 238 g/mol. The first-order chi connectivity index (χ1) is 8.74. The van der Waals surface area contributed by atoms with Crippen LogP contribution in [0.4, 0.5) is 0 Å². The summed E-state index contributed by atoms with van der Waals surface area (Å²) in [6, 6.07) is 19.0. The van der Waals surface area contributed by atoms with E-state index in [2.05, 4.69) is 61.5 Å². The number of aryl methyl sites for hydroxylation is 1. The molecule has 0 saturated carbocycles. The second-order valence-electron chi connectivity index (χ2n) is 4.57. The Morgan fingerprint density at radius 2 is 1.72 bits per heavy atom. The fourth-order valence-corrected chi connectivity index (χ4v) is 3.19. The van der Waals surface area contributed by atoms with Gasteiger partial charge in [0.15, 0.2) is 0 Å². The van der Waals surface area contributed by atoms with Gasteiger partial charge in [-0.1, -0.05) is 48.0 Å². The Kier molecular flexibility index (Phi) is 2.90. The van der Waals surface area contributed by atoms with Gasteiger partial charge in [-0.25, -0.2) is 0 Å². The van der Waals surface area contributed by atoms with Gasteiger partial charge in [0.25, 0.3) is 0 Å². The molecule has 1 aromatic heterocycles. The fourth-order valence-electron chi connectivity index (χ4n) is 2.09. The third-order valence-corrected chi connectivity index (χ3v) is 4.39. The van der Waals surface area contributed by atoms with Crippen molar-refractivity contribution in [3.8, 4) is 0 Å². The quantitative estimate of drug-likeness (QED) is 0.725. The summed E-state index contributed by atoms with van der Waals surface area (Å²) in [6.07, 6.45) is 0. The number of fused-ring (bicyclic) bond motifs is 1. The maximum atomic E-state index is 6.34. The molecule has 2 aromatic carbocycles. The first-order valence-electron chi connectivity index (χ1n) is 6.04. The van der Waals surface area contributed by atoms with Gasteiger partial charge in [-0.3, -0.25) is 0 Å². The summed E-state index contributed by atoms with van der Waals surface area (Å²) in [5.74, 6) is 0. The van der Waals surface area contributed by atoms with Crippen molar-refractivity contribution in [2.75, 3.05) is 0 Å². The van der Waals surface area contributed by atoms with Gasteiger partial charge in [0.1, 0.15) is 0 Å². The van der Waals surface area contributed by atoms with Gasteiger partial charge in [0.05, 0.1) is 6.04 Å². The maximum Gasteiger partial charge on any atom is 0.0646 e. The van der Waals surface area contributed by atoms with Crippen LogP contribution in [0, 0.1) is 6.92 Å². The lowest BCUT2D eigenvalue weighted by atomic mass is 10.0. The number of thiophene rings is 1. The first kappa shape index (κ1) is 11.5. The summed E-state index contributed by atoms with van der Waals surface area (Å²) < 4.78 is 1.30. The second kappa shape index (κ2) is 4.56. The van der Waals surface area contributed by atoms with Crippen molar-refractivity contribution in [2.24, 2.45) is 5.73 Å². The molecule has 1 unspecified atom stereocenters. The lowest BCUT2D eigenvalue weighted by molar-refractivity contribution is 0.893. The molecule has 2 N–H and O–H groups in total. The van der Waals surface area contributed by atoms with E-state index in [0.29, 0.717) is 0 Å². The minimum atomic E-state index is -0.0250. The molecule has 0 amide bonds. The molecule has 1 nitrogen and oxygen atoms in total. The van der Waals surface area contributed by atoms with Gasteiger partial charge >= 0.3 is 0 Å². The Morgan fingerprint density at radius 3 is 2.44 bits per heavy atom. The molecule has 0 aliphatic heterocycles. The van der Waals surface area contributed by atoms with E-state index in [9.17, 15) is 0 Å². The molecule has 90 valence electrons. The molecule has 3 aromatic rings. The van der Waals surface area contributed by atoms with E-state index in [1.165, 1.54) is 26.1 Å². The first-order valence-corrected chi connectivity index (χ1v) is 6.86. The Labute approximate surface area is 111 Å². The Morgan fingerprint density at radius 1 is 1.00 bits per heavy atom. The minimum absolute atomic E-state index is 0.0250. The van der Waals surface area contributed by atoms with Gasteiger partial charge < -0.3 is 5.73 Å². The minimum Gasteiger partial charge on any atom is -0.320 e. The van der Waals surface area contributed by atoms with Gasteiger partial charge in [0.2, 0.25) is 0 Å².